The van der Waals surface area contributed by atoms with Gasteiger partial charge in [0.25, 0.3) is 0 Å². The van der Waals surface area contributed by atoms with E-state index in [1.165, 1.54) is 0 Å². The molecule has 0 aliphatic heterocycles. The minimum atomic E-state index is -0.876. The van der Waals surface area contributed by atoms with Gasteiger partial charge in [-0.05, 0) is 59.7 Å². The zero-order valence-corrected chi connectivity index (χ0v) is 14.5. The maximum atomic E-state index is 11.0. The number of ether oxygens (including phenoxy) is 1. The summed E-state index contributed by atoms with van der Waals surface area (Å²) >= 11 is 7.76. The van der Waals surface area contributed by atoms with E-state index in [1.807, 2.05) is 48.7 Å². The van der Waals surface area contributed by atoms with Gasteiger partial charge in [-0.1, -0.05) is 23.7 Å². The van der Waals surface area contributed by atoms with Gasteiger partial charge in [0.15, 0.2) is 0 Å². The van der Waals surface area contributed by atoms with Gasteiger partial charge in [-0.3, -0.25) is 4.79 Å². The molecule has 0 saturated carbocycles. The van der Waals surface area contributed by atoms with Crippen LogP contribution in [0.4, 0.5) is 0 Å². The molecular weight excluding hydrogens is 344 g/mol. The van der Waals surface area contributed by atoms with Gasteiger partial charge in [-0.25, -0.2) is 0 Å². The second kappa shape index (κ2) is 7.16. The maximum absolute atomic E-state index is 11.0. The highest BCUT2D eigenvalue weighted by atomic mass is 35.5. The average Bonchev–Trinajstić information content (AvgIpc) is 2.55. The van der Waals surface area contributed by atoms with Crippen LogP contribution in [-0.4, -0.2) is 17.3 Å². The summed E-state index contributed by atoms with van der Waals surface area (Å²) < 4.78 is 6.01. The first-order chi connectivity index (χ1) is 11.5. The van der Waals surface area contributed by atoms with E-state index in [1.54, 1.807) is 23.9 Å². The van der Waals surface area contributed by atoms with Gasteiger partial charge in [0.05, 0.1) is 6.42 Å². The molecule has 0 spiro atoms. The Labute approximate surface area is 149 Å². The second-order valence-electron chi connectivity index (χ2n) is 5.31. The number of fused-ring (bicyclic) bond motifs is 1. The first-order valence-electron chi connectivity index (χ1n) is 7.31. The van der Waals surface area contributed by atoms with Crippen LogP contribution in [-0.2, 0) is 11.2 Å². The Balaban J connectivity index is 2.05. The number of thioether (sulfide) groups is 1. The molecule has 0 aromatic heterocycles. The molecule has 3 rings (SSSR count). The summed E-state index contributed by atoms with van der Waals surface area (Å²) in [5.41, 5.74) is 0.688. The van der Waals surface area contributed by atoms with Crippen molar-refractivity contribution < 1.29 is 14.6 Å². The highest BCUT2D eigenvalue weighted by molar-refractivity contribution is 7.98. The molecule has 122 valence electrons. The molecule has 3 aromatic rings. The highest BCUT2D eigenvalue weighted by Gasteiger charge is 2.10. The predicted octanol–water partition coefficient (Wildman–Crippen LogP) is 5.63. The van der Waals surface area contributed by atoms with E-state index in [9.17, 15) is 4.79 Å². The summed E-state index contributed by atoms with van der Waals surface area (Å²) in [5.74, 6) is 0.420. The van der Waals surface area contributed by atoms with Gasteiger partial charge < -0.3 is 9.84 Å². The lowest BCUT2D eigenvalue weighted by Gasteiger charge is -2.12. The van der Waals surface area contributed by atoms with Crippen LogP contribution < -0.4 is 4.74 Å². The molecule has 0 saturated heterocycles. The largest absolute Gasteiger partial charge is 0.481 e. The van der Waals surface area contributed by atoms with Gasteiger partial charge in [0.1, 0.15) is 11.5 Å². The molecule has 0 aliphatic carbocycles. The number of halogens is 1. The van der Waals surface area contributed by atoms with E-state index in [2.05, 4.69) is 0 Å². The summed E-state index contributed by atoms with van der Waals surface area (Å²) in [7, 11) is 0. The first-order valence-corrected chi connectivity index (χ1v) is 8.91. The van der Waals surface area contributed by atoms with Crippen molar-refractivity contribution in [3.63, 3.8) is 0 Å². The number of hydrogen-bond acceptors (Lipinski definition) is 3. The van der Waals surface area contributed by atoms with Crippen LogP contribution >= 0.6 is 23.4 Å². The van der Waals surface area contributed by atoms with Gasteiger partial charge in [-0.15, -0.1) is 11.8 Å². The van der Waals surface area contributed by atoms with Crippen molar-refractivity contribution in [1.29, 1.82) is 0 Å². The van der Waals surface area contributed by atoms with Crippen LogP contribution in [0.3, 0.4) is 0 Å². The Morgan fingerprint density at radius 3 is 2.54 bits per heavy atom. The minimum absolute atomic E-state index is 0.0552. The number of hydrogen-bond donors (Lipinski definition) is 1. The Morgan fingerprint density at radius 1 is 1.12 bits per heavy atom. The molecule has 5 heteroatoms. The molecule has 0 heterocycles. The minimum Gasteiger partial charge on any atom is -0.481 e. The molecule has 24 heavy (non-hydrogen) atoms. The van der Waals surface area contributed by atoms with Gasteiger partial charge in [0.2, 0.25) is 0 Å². The molecule has 0 radical (unpaired) electrons. The van der Waals surface area contributed by atoms with E-state index < -0.39 is 5.97 Å². The Bertz CT molecular complexity index is 891. The van der Waals surface area contributed by atoms with Crippen LogP contribution in [0.1, 0.15) is 5.56 Å². The molecule has 1 N–H and O–H groups in total. The molecule has 0 aliphatic rings. The molecule has 0 fully saturated rings. The third-order valence-corrected chi connectivity index (χ3v) is 4.56. The highest BCUT2D eigenvalue weighted by Crippen LogP contribution is 2.34. The van der Waals surface area contributed by atoms with Crippen LogP contribution in [0.25, 0.3) is 10.8 Å². The number of aliphatic carboxylic acids is 1. The third kappa shape index (κ3) is 3.83. The molecular formula is C19H15ClO3S. The van der Waals surface area contributed by atoms with Crippen LogP contribution in [0, 0.1) is 0 Å². The third-order valence-electron chi connectivity index (χ3n) is 3.58. The number of carboxylic acids is 1. The SMILES string of the molecule is CSc1ccc(Oc2cc(CC(=O)O)cc3ccc(Cl)cc23)cc1. The predicted molar refractivity (Wildman–Crippen MR) is 98.6 cm³/mol. The topological polar surface area (TPSA) is 46.5 Å². The van der Waals surface area contributed by atoms with Crippen molar-refractivity contribution in [2.45, 2.75) is 11.3 Å². The second-order valence-corrected chi connectivity index (χ2v) is 6.62. The lowest BCUT2D eigenvalue weighted by molar-refractivity contribution is -0.136. The quantitative estimate of drug-likeness (QED) is 0.600. The van der Waals surface area contributed by atoms with Crippen molar-refractivity contribution in [2.24, 2.45) is 0 Å². The summed E-state index contributed by atoms with van der Waals surface area (Å²) in [6.07, 6.45) is 1.96. The Morgan fingerprint density at radius 2 is 1.88 bits per heavy atom. The summed E-state index contributed by atoms with van der Waals surface area (Å²) in [6, 6.07) is 16.8. The van der Waals surface area contributed by atoms with Crippen molar-refractivity contribution in [3.8, 4) is 11.5 Å². The summed E-state index contributed by atoms with van der Waals surface area (Å²) in [5, 5.41) is 11.4. The summed E-state index contributed by atoms with van der Waals surface area (Å²) in [6.45, 7) is 0. The van der Waals surface area contributed by atoms with Crippen molar-refractivity contribution in [1.82, 2.24) is 0 Å². The van der Waals surface area contributed by atoms with Crippen LogP contribution in [0.15, 0.2) is 59.5 Å². The molecule has 0 amide bonds. The van der Waals surface area contributed by atoms with Crippen molar-refractivity contribution in [3.05, 3.63) is 65.2 Å². The number of carbonyl (C=O) groups is 1. The maximum Gasteiger partial charge on any atom is 0.307 e. The van der Waals surface area contributed by atoms with Gasteiger partial charge in [-0.2, -0.15) is 0 Å². The molecule has 0 bridgehead atoms. The average molecular weight is 359 g/mol. The van der Waals surface area contributed by atoms with E-state index in [0.29, 0.717) is 22.1 Å². The zero-order chi connectivity index (χ0) is 17.1. The smallest absolute Gasteiger partial charge is 0.307 e. The van der Waals surface area contributed by atoms with Crippen molar-refractivity contribution in [2.75, 3.05) is 6.26 Å². The molecule has 3 aromatic carbocycles. The number of benzene rings is 3. The van der Waals surface area contributed by atoms with E-state index >= 15 is 0 Å². The van der Waals surface area contributed by atoms with E-state index in [-0.39, 0.29) is 6.42 Å². The molecule has 0 unspecified atom stereocenters. The standard InChI is InChI=1S/C19H15ClO3S/c1-24-16-6-4-15(5-7-16)23-18-9-12(10-19(21)22)8-13-2-3-14(20)11-17(13)18/h2-9,11H,10H2,1H3,(H,21,22). The zero-order valence-electron chi connectivity index (χ0n) is 13.0. The van der Waals surface area contributed by atoms with Crippen LogP contribution in [0.5, 0.6) is 11.5 Å². The fourth-order valence-electron chi connectivity index (χ4n) is 2.49. The monoisotopic (exact) mass is 358 g/mol. The fourth-order valence-corrected chi connectivity index (χ4v) is 3.07. The van der Waals surface area contributed by atoms with Gasteiger partial charge in [0, 0.05) is 15.3 Å². The van der Waals surface area contributed by atoms with E-state index in [0.717, 1.165) is 15.7 Å². The summed E-state index contributed by atoms with van der Waals surface area (Å²) in [4.78, 5) is 12.2. The Hall–Kier alpha value is -2.17. The lowest BCUT2D eigenvalue weighted by atomic mass is 10.0. The first kappa shape index (κ1) is 16.7. The molecule has 3 nitrogen and oxygen atoms in total. The van der Waals surface area contributed by atoms with Crippen molar-refractivity contribution >= 4 is 40.1 Å². The number of rotatable bonds is 5. The fraction of sp³-hybridized carbons (Fsp3) is 0.105. The van der Waals surface area contributed by atoms with E-state index in [4.69, 9.17) is 21.4 Å². The Kier molecular flexibility index (Phi) is 4.97. The van der Waals surface area contributed by atoms with Crippen LogP contribution in [0.2, 0.25) is 5.02 Å². The normalized spacial score (nSPS) is 10.8. The van der Waals surface area contributed by atoms with Gasteiger partial charge >= 0.3 is 5.97 Å². The lowest BCUT2D eigenvalue weighted by Crippen LogP contribution is -2.00. The molecule has 0 atom stereocenters. The number of carboxylic acid groups (broad SMARTS) is 1.